The molecule has 23 heavy (non-hydrogen) atoms. The number of hydrogen-bond donors (Lipinski definition) is 0. The standard InChI is InChI=1S/C10H20F2.C10H19N/c1-4-5-6-7-8-10(11,12)9(2)3;1-3-5-6-7-8-10(4-2)9-11/h9H,4-8H2,1-3H3;10H,3-8H2,1-2H3. The monoisotopic (exact) mass is 331 g/mol. The average Bonchev–Trinajstić information content (AvgIpc) is 2.52. The van der Waals surface area contributed by atoms with E-state index < -0.39 is 11.8 Å². The van der Waals surface area contributed by atoms with E-state index in [1.807, 2.05) is 0 Å². The molecule has 0 aromatic rings. The van der Waals surface area contributed by atoms with Crippen molar-refractivity contribution in [3.8, 4) is 6.07 Å². The van der Waals surface area contributed by atoms with Crippen LogP contribution < -0.4 is 0 Å². The van der Waals surface area contributed by atoms with E-state index >= 15 is 0 Å². The molecular weight excluding hydrogens is 292 g/mol. The van der Waals surface area contributed by atoms with Crippen LogP contribution in [0.1, 0.15) is 105 Å². The molecule has 0 aromatic heterocycles. The summed E-state index contributed by atoms with van der Waals surface area (Å²) in [5, 5.41) is 8.63. The summed E-state index contributed by atoms with van der Waals surface area (Å²) in [6, 6.07) is 2.33. The van der Waals surface area contributed by atoms with Gasteiger partial charge in [-0.15, -0.1) is 0 Å². The fraction of sp³-hybridized carbons (Fsp3) is 0.950. The third-order valence-corrected chi connectivity index (χ3v) is 4.29. The third-order valence-electron chi connectivity index (χ3n) is 4.29. The number of nitrogens with zero attached hydrogens (tertiary/aromatic N) is 1. The predicted octanol–water partition coefficient (Wildman–Crippen LogP) is 7.75. The van der Waals surface area contributed by atoms with Crippen molar-refractivity contribution in [3.63, 3.8) is 0 Å². The van der Waals surface area contributed by atoms with Crippen molar-refractivity contribution in [1.29, 1.82) is 5.26 Å². The van der Waals surface area contributed by atoms with Gasteiger partial charge >= 0.3 is 0 Å². The van der Waals surface area contributed by atoms with Crippen molar-refractivity contribution in [2.45, 2.75) is 111 Å². The summed E-state index contributed by atoms with van der Waals surface area (Å²) in [5.74, 6) is -2.65. The lowest BCUT2D eigenvalue weighted by Gasteiger charge is -2.19. The van der Waals surface area contributed by atoms with E-state index in [0.717, 1.165) is 32.1 Å². The molecule has 0 rings (SSSR count). The van der Waals surface area contributed by atoms with E-state index in [0.29, 0.717) is 12.3 Å². The number of halogens is 2. The number of hydrogen-bond acceptors (Lipinski definition) is 1. The topological polar surface area (TPSA) is 23.8 Å². The summed E-state index contributed by atoms with van der Waals surface area (Å²) < 4.78 is 25.9. The highest BCUT2D eigenvalue weighted by atomic mass is 19.3. The second-order valence-electron chi connectivity index (χ2n) is 6.81. The van der Waals surface area contributed by atoms with Crippen molar-refractivity contribution in [1.82, 2.24) is 0 Å². The fourth-order valence-electron chi connectivity index (χ4n) is 2.25. The van der Waals surface area contributed by atoms with E-state index in [1.54, 1.807) is 13.8 Å². The molecule has 0 aliphatic heterocycles. The van der Waals surface area contributed by atoms with Gasteiger partial charge in [0.1, 0.15) is 0 Å². The van der Waals surface area contributed by atoms with Crippen LogP contribution in [0.3, 0.4) is 0 Å². The molecule has 0 saturated heterocycles. The molecule has 0 bridgehead atoms. The van der Waals surface area contributed by atoms with Crippen LogP contribution in [0.2, 0.25) is 0 Å². The average molecular weight is 332 g/mol. The maximum absolute atomic E-state index is 13.0. The number of unbranched alkanes of at least 4 members (excludes halogenated alkanes) is 6. The second kappa shape index (κ2) is 16.2. The first kappa shape index (κ1) is 24.6. The third kappa shape index (κ3) is 16.0. The van der Waals surface area contributed by atoms with Gasteiger partial charge in [-0.3, -0.25) is 0 Å². The summed E-state index contributed by atoms with van der Waals surface area (Å²) in [6.45, 7) is 9.55. The lowest BCUT2D eigenvalue weighted by atomic mass is 9.99. The molecule has 0 aliphatic rings. The van der Waals surface area contributed by atoms with Gasteiger partial charge in [-0.1, -0.05) is 79.6 Å². The van der Waals surface area contributed by atoms with Gasteiger partial charge in [-0.25, -0.2) is 8.78 Å². The maximum Gasteiger partial charge on any atom is 0.250 e. The van der Waals surface area contributed by atoms with Crippen molar-refractivity contribution < 1.29 is 8.78 Å². The van der Waals surface area contributed by atoms with Gasteiger partial charge in [0.2, 0.25) is 5.92 Å². The molecule has 0 amide bonds. The largest absolute Gasteiger partial charge is 0.250 e. The van der Waals surface area contributed by atoms with Crippen molar-refractivity contribution in [2.75, 3.05) is 0 Å². The molecule has 1 unspecified atom stereocenters. The van der Waals surface area contributed by atoms with E-state index in [1.165, 1.54) is 25.7 Å². The van der Waals surface area contributed by atoms with Crippen LogP contribution >= 0.6 is 0 Å². The van der Waals surface area contributed by atoms with Gasteiger partial charge in [0.15, 0.2) is 0 Å². The Morgan fingerprint density at radius 1 is 0.870 bits per heavy atom. The highest BCUT2D eigenvalue weighted by molar-refractivity contribution is 4.80. The Kier molecular flexibility index (Phi) is 17.3. The summed E-state index contributed by atoms with van der Waals surface area (Å²) >= 11 is 0. The first-order valence-electron chi connectivity index (χ1n) is 9.62. The quantitative estimate of drug-likeness (QED) is 0.335. The zero-order valence-corrected chi connectivity index (χ0v) is 16.1. The summed E-state index contributed by atoms with van der Waals surface area (Å²) in [5.41, 5.74) is 0. The molecule has 138 valence electrons. The van der Waals surface area contributed by atoms with Gasteiger partial charge in [-0.2, -0.15) is 5.26 Å². The van der Waals surface area contributed by atoms with E-state index in [-0.39, 0.29) is 6.42 Å². The van der Waals surface area contributed by atoms with Crippen LogP contribution in [-0.4, -0.2) is 5.92 Å². The van der Waals surface area contributed by atoms with Crippen LogP contribution in [-0.2, 0) is 0 Å². The van der Waals surface area contributed by atoms with Gasteiger partial charge in [0.25, 0.3) is 0 Å². The minimum absolute atomic E-state index is 0.0602. The highest BCUT2D eigenvalue weighted by Gasteiger charge is 2.31. The van der Waals surface area contributed by atoms with Crippen LogP contribution in [0, 0.1) is 23.2 Å². The molecule has 0 N–H and O–H groups in total. The maximum atomic E-state index is 13.0. The summed E-state index contributed by atoms with van der Waals surface area (Å²) in [7, 11) is 0. The molecule has 0 fully saturated rings. The molecule has 3 heteroatoms. The van der Waals surface area contributed by atoms with Crippen molar-refractivity contribution >= 4 is 0 Å². The van der Waals surface area contributed by atoms with Gasteiger partial charge in [-0.05, 0) is 19.3 Å². The lowest BCUT2D eigenvalue weighted by Crippen LogP contribution is -2.23. The summed E-state index contributed by atoms with van der Waals surface area (Å²) in [6.07, 6.45) is 11.1. The Bertz CT molecular complexity index is 282. The smallest absolute Gasteiger partial charge is 0.207 e. The van der Waals surface area contributed by atoms with Crippen molar-refractivity contribution in [3.05, 3.63) is 0 Å². The van der Waals surface area contributed by atoms with Gasteiger partial charge in [0, 0.05) is 18.3 Å². The van der Waals surface area contributed by atoms with E-state index in [2.05, 4.69) is 26.8 Å². The normalized spacial score (nSPS) is 12.5. The molecule has 0 aromatic carbocycles. The molecule has 1 atom stereocenters. The number of alkyl halides is 2. The first-order valence-corrected chi connectivity index (χ1v) is 9.62. The summed E-state index contributed by atoms with van der Waals surface area (Å²) in [4.78, 5) is 0. The Balaban J connectivity index is 0. The SMILES string of the molecule is CCCCCCC(C#N)CC.CCCCCCC(F)(F)C(C)C. The fourth-order valence-corrected chi connectivity index (χ4v) is 2.25. The van der Waals surface area contributed by atoms with Crippen LogP contribution in [0.4, 0.5) is 8.78 Å². The molecule has 1 nitrogen and oxygen atoms in total. The zero-order valence-electron chi connectivity index (χ0n) is 16.1. The molecule has 0 radical (unpaired) electrons. The first-order chi connectivity index (χ1) is 10.9. The van der Waals surface area contributed by atoms with Crippen LogP contribution in [0.25, 0.3) is 0 Å². The number of rotatable bonds is 12. The molecule has 0 spiro atoms. The zero-order chi connectivity index (χ0) is 18.1. The highest BCUT2D eigenvalue weighted by Crippen LogP contribution is 2.29. The Labute approximate surface area is 143 Å². The van der Waals surface area contributed by atoms with Crippen LogP contribution in [0.15, 0.2) is 0 Å². The lowest BCUT2D eigenvalue weighted by molar-refractivity contribution is -0.0540. The predicted molar refractivity (Wildman–Crippen MR) is 96.7 cm³/mol. The Morgan fingerprint density at radius 2 is 1.39 bits per heavy atom. The van der Waals surface area contributed by atoms with Crippen molar-refractivity contribution in [2.24, 2.45) is 11.8 Å². The minimum atomic E-state index is -2.45. The van der Waals surface area contributed by atoms with Gasteiger partial charge in [0.05, 0.1) is 6.07 Å². The molecule has 0 saturated carbocycles. The van der Waals surface area contributed by atoms with Crippen LogP contribution in [0.5, 0.6) is 0 Å². The minimum Gasteiger partial charge on any atom is -0.207 e. The molecular formula is C20H39F2N. The number of nitriles is 1. The van der Waals surface area contributed by atoms with Gasteiger partial charge < -0.3 is 0 Å². The van der Waals surface area contributed by atoms with E-state index in [9.17, 15) is 8.78 Å². The second-order valence-corrected chi connectivity index (χ2v) is 6.81. The van der Waals surface area contributed by atoms with E-state index in [4.69, 9.17) is 5.26 Å². The molecule has 0 heterocycles. The molecule has 0 aliphatic carbocycles. The Morgan fingerprint density at radius 3 is 1.78 bits per heavy atom. The Hall–Kier alpha value is -0.650.